The van der Waals surface area contributed by atoms with Crippen LogP contribution in [0.15, 0.2) is 59.4 Å². The predicted octanol–water partition coefficient (Wildman–Crippen LogP) is 4.27. The van der Waals surface area contributed by atoms with Crippen LogP contribution < -0.4 is 20.3 Å². The lowest BCUT2D eigenvalue weighted by atomic mass is 9.84. The van der Waals surface area contributed by atoms with E-state index in [4.69, 9.17) is 37.0 Å². The summed E-state index contributed by atoms with van der Waals surface area (Å²) in [5, 5.41) is 9.81. The fraction of sp³-hybridized carbons (Fsp3) is 0.419. The van der Waals surface area contributed by atoms with E-state index in [0.29, 0.717) is 50.6 Å². The van der Waals surface area contributed by atoms with Gasteiger partial charge >= 0.3 is 12.1 Å². The highest BCUT2D eigenvalue weighted by atomic mass is 32.1. The Hall–Kier alpha value is -4.04. The molecule has 2 aromatic carbocycles. The lowest BCUT2D eigenvalue weighted by Gasteiger charge is -2.36. The maximum absolute atomic E-state index is 13.9. The van der Waals surface area contributed by atoms with E-state index in [9.17, 15) is 22.8 Å². The van der Waals surface area contributed by atoms with Gasteiger partial charge in [-0.25, -0.2) is 9.78 Å². The van der Waals surface area contributed by atoms with E-state index < -0.39 is 17.5 Å². The van der Waals surface area contributed by atoms with Crippen molar-refractivity contribution in [1.29, 1.82) is 0 Å². The smallest absolute Gasteiger partial charge is 0.486 e. The minimum Gasteiger partial charge on any atom is -0.486 e. The number of thiol groups is 1. The summed E-state index contributed by atoms with van der Waals surface area (Å²) in [5.41, 5.74) is 1.98. The van der Waals surface area contributed by atoms with Crippen molar-refractivity contribution in [3.8, 4) is 17.2 Å². The largest absolute Gasteiger partial charge is 0.490 e. The molecule has 2 atom stereocenters. The lowest BCUT2D eigenvalue weighted by molar-refractivity contribution is -0.192. The average molecular weight is 647 g/mol. The maximum Gasteiger partial charge on any atom is 0.490 e. The number of aliphatic carboxylic acids is 1. The van der Waals surface area contributed by atoms with Crippen molar-refractivity contribution in [2.24, 2.45) is 0 Å². The molecule has 0 saturated heterocycles. The van der Waals surface area contributed by atoms with E-state index in [-0.39, 0.29) is 17.6 Å². The van der Waals surface area contributed by atoms with Crippen molar-refractivity contribution in [3.05, 3.63) is 82.0 Å². The zero-order valence-corrected chi connectivity index (χ0v) is 25.1. The third-order valence-corrected chi connectivity index (χ3v) is 8.41. The molecule has 1 saturated carbocycles. The first kappa shape index (κ1) is 32.4. The molecule has 14 heteroatoms. The number of benzene rings is 2. The molecule has 0 radical (unpaired) electrons. The molecule has 1 fully saturated rings. The van der Waals surface area contributed by atoms with Gasteiger partial charge in [-0.1, -0.05) is 36.8 Å². The summed E-state index contributed by atoms with van der Waals surface area (Å²) in [6, 6.07) is 17.3. The number of ether oxygens (including phenoxy) is 2. The van der Waals surface area contributed by atoms with Crippen molar-refractivity contribution < 1.29 is 37.3 Å². The molecule has 2 aliphatic heterocycles. The molecule has 45 heavy (non-hydrogen) atoms. The van der Waals surface area contributed by atoms with Gasteiger partial charge in [0.2, 0.25) is 5.91 Å². The fourth-order valence-corrected chi connectivity index (χ4v) is 5.85. The van der Waals surface area contributed by atoms with Gasteiger partial charge in [0.15, 0.2) is 11.5 Å². The highest BCUT2D eigenvalue weighted by Gasteiger charge is 2.38. The molecule has 1 amide bonds. The van der Waals surface area contributed by atoms with E-state index in [1.54, 1.807) is 9.47 Å². The number of hydrogen-bond acceptors (Lipinski definition) is 8. The van der Waals surface area contributed by atoms with Gasteiger partial charge in [-0.15, -0.1) is 12.6 Å². The Balaban J connectivity index is 0.000000515. The summed E-state index contributed by atoms with van der Waals surface area (Å²) in [6.07, 6.45) is -1.09. The van der Waals surface area contributed by atoms with E-state index in [0.717, 1.165) is 48.0 Å². The molecule has 2 unspecified atom stereocenters. The molecule has 0 bridgehead atoms. The number of alkyl halides is 3. The number of para-hydroxylation sites is 3. The number of nitrogens with one attached hydrogen (secondary N) is 1. The molecular weight excluding hydrogens is 613 g/mol. The Kier molecular flexibility index (Phi) is 10.0. The van der Waals surface area contributed by atoms with Gasteiger partial charge in [0, 0.05) is 38.4 Å². The predicted molar refractivity (Wildman–Crippen MR) is 161 cm³/mol. The molecule has 3 heterocycles. The number of aromatic nitrogens is 2. The molecule has 0 spiro atoms. The second kappa shape index (κ2) is 13.9. The van der Waals surface area contributed by atoms with Crippen molar-refractivity contribution in [3.63, 3.8) is 0 Å². The number of rotatable bonds is 7. The van der Waals surface area contributed by atoms with Gasteiger partial charge in [0.1, 0.15) is 23.9 Å². The summed E-state index contributed by atoms with van der Waals surface area (Å²) in [7, 11) is 0. The molecule has 1 aromatic heterocycles. The first-order valence-corrected chi connectivity index (χ1v) is 15.1. The van der Waals surface area contributed by atoms with Crippen LogP contribution in [0.25, 0.3) is 5.69 Å². The molecular formula is C31H33F3N4O6S. The Morgan fingerprint density at radius 2 is 1.73 bits per heavy atom. The van der Waals surface area contributed by atoms with Crippen LogP contribution in [0.3, 0.4) is 0 Å². The van der Waals surface area contributed by atoms with Crippen LogP contribution in [0.1, 0.15) is 54.1 Å². The standard InChI is InChI=1S/C29H32N4O4S.C2HF3O2/c34-25(13-15-30-17-21-18-36-23-11-4-5-12-24(23)37-21)32-16-14-22-26(29(32)38)28(35)33(20-9-2-1-3-10-20)27(31-22)19-7-6-8-19;3-2(4,5)1(6)7/h1-5,9-12,19,21,29-30,38H,6-8,13-18H2;(H,6,7). The summed E-state index contributed by atoms with van der Waals surface area (Å²) >= 11 is 4.78. The number of hydrogen-bond donors (Lipinski definition) is 3. The van der Waals surface area contributed by atoms with Gasteiger partial charge in [0.05, 0.1) is 16.9 Å². The zero-order valence-electron chi connectivity index (χ0n) is 24.2. The van der Waals surface area contributed by atoms with Crippen molar-refractivity contribution in [2.45, 2.75) is 55.7 Å². The molecule has 3 aliphatic rings. The molecule has 6 rings (SSSR count). The van der Waals surface area contributed by atoms with Crippen molar-refractivity contribution in [2.75, 3.05) is 26.2 Å². The van der Waals surface area contributed by atoms with E-state index in [1.165, 1.54) is 0 Å². The second-order valence-electron chi connectivity index (χ2n) is 10.9. The van der Waals surface area contributed by atoms with E-state index in [1.807, 2.05) is 54.6 Å². The number of carboxylic acid groups (broad SMARTS) is 1. The topological polar surface area (TPSA) is 123 Å². The molecule has 1 aliphatic carbocycles. The molecule has 3 aromatic rings. The SMILES string of the molecule is O=C(CCNCC1COc2ccccc2O1)N1CCc2nc(C3CCC3)n(-c3ccccc3)c(=O)c2C1S.O=C(O)C(F)(F)F. The first-order chi connectivity index (χ1) is 21.5. The number of fused-ring (bicyclic) bond motifs is 2. The Morgan fingerprint density at radius 3 is 2.38 bits per heavy atom. The van der Waals surface area contributed by atoms with Gasteiger partial charge < -0.3 is 24.8 Å². The van der Waals surface area contributed by atoms with Gasteiger partial charge in [-0.3, -0.25) is 14.2 Å². The Morgan fingerprint density at radius 1 is 1.07 bits per heavy atom. The number of carbonyl (C=O) groups is 2. The van der Waals surface area contributed by atoms with Crippen LogP contribution in [-0.2, 0) is 16.0 Å². The van der Waals surface area contributed by atoms with Gasteiger partial charge in [0.25, 0.3) is 5.56 Å². The van der Waals surface area contributed by atoms with Gasteiger partial charge in [-0.2, -0.15) is 13.2 Å². The zero-order chi connectivity index (χ0) is 32.1. The third kappa shape index (κ3) is 7.44. The highest BCUT2D eigenvalue weighted by Crippen LogP contribution is 2.38. The van der Waals surface area contributed by atoms with Crippen molar-refractivity contribution in [1.82, 2.24) is 19.8 Å². The number of carbonyl (C=O) groups excluding carboxylic acids is 1. The summed E-state index contributed by atoms with van der Waals surface area (Å²) in [5.74, 6) is -0.168. The lowest BCUT2D eigenvalue weighted by Crippen LogP contribution is -2.44. The van der Waals surface area contributed by atoms with Crippen LogP contribution in [0, 0.1) is 0 Å². The minimum absolute atomic E-state index is 0.0389. The average Bonchev–Trinajstić information content (AvgIpc) is 2.98. The number of carboxylic acids is 1. The second-order valence-corrected chi connectivity index (χ2v) is 11.4. The Bertz CT molecular complexity index is 1580. The van der Waals surface area contributed by atoms with Crippen LogP contribution in [0.5, 0.6) is 11.5 Å². The summed E-state index contributed by atoms with van der Waals surface area (Å²) in [4.78, 5) is 42.7. The maximum atomic E-state index is 13.9. The number of halogens is 3. The van der Waals surface area contributed by atoms with Crippen LogP contribution in [0.2, 0.25) is 0 Å². The number of amides is 1. The quantitative estimate of drug-likeness (QED) is 0.257. The fourth-order valence-electron chi connectivity index (χ4n) is 5.34. The molecule has 240 valence electrons. The number of nitrogens with zero attached hydrogens (tertiary/aromatic N) is 3. The summed E-state index contributed by atoms with van der Waals surface area (Å²) < 4.78 is 45.2. The monoisotopic (exact) mass is 646 g/mol. The Labute approximate surface area is 262 Å². The minimum atomic E-state index is -5.08. The van der Waals surface area contributed by atoms with E-state index >= 15 is 0 Å². The highest BCUT2D eigenvalue weighted by molar-refractivity contribution is 7.80. The first-order valence-electron chi connectivity index (χ1n) is 14.6. The normalized spacial score (nSPS) is 19.1. The third-order valence-electron chi connectivity index (χ3n) is 7.87. The van der Waals surface area contributed by atoms with E-state index in [2.05, 4.69) is 5.32 Å². The summed E-state index contributed by atoms with van der Waals surface area (Å²) in [6.45, 7) is 2.03. The molecule has 10 nitrogen and oxygen atoms in total. The van der Waals surface area contributed by atoms with Crippen LogP contribution in [0.4, 0.5) is 13.2 Å². The molecule has 2 N–H and O–H groups in total. The van der Waals surface area contributed by atoms with Gasteiger partial charge in [-0.05, 0) is 37.1 Å². The van der Waals surface area contributed by atoms with Crippen LogP contribution in [-0.4, -0.2) is 70.0 Å². The van der Waals surface area contributed by atoms with Crippen LogP contribution >= 0.6 is 12.6 Å². The van der Waals surface area contributed by atoms with Crippen molar-refractivity contribution >= 4 is 24.5 Å².